The Morgan fingerprint density at radius 2 is 1.79 bits per heavy atom. The minimum Gasteiger partial charge on any atom is -0.486 e. The Labute approximate surface area is 172 Å². The van der Waals surface area contributed by atoms with E-state index in [0.29, 0.717) is 18.8 Å². The highest BCUT2D eigenvalue weighted by Gasteiger charge is 2.25. The van der Waals surface area contributed by atoms with Crippen LogP contribution in [-0.4, -0.2) is 48.2 Å². The average molecular weight is 398 g/mol. The second-order valence-electron chi connectivity index (χ2n) is 7.91. The third-order valence-corrected chi connectivity index (χ3v) is 6.13. The number of ether oxygens (including phenoxy) is 2. The van der Waals surface area contributed by atoms with Gasteiger partial charge in [0, 0.05) is 30.0 Å². The Balaban J connectivity index is 1.73. The largest absolute Gasteiger partial charge is 0.486 e. The van der Waals surface area contributed by atoms with Crippen molar-refractivity contribution in [1.29, 1.82) is 0 Å². The summed E-state index contributed by atoms with van der Waals surface area (Å²) in [5.41, 5.74) is 10.5. The minimum atomic E-state index is -0.376. The van der Waals surface area contributed by atoms with Gasteiger partial charge in [-0.15, -0.1) is 0 Å². The van der Waals surface area contributed by atoms with E-state index in [1.54, 1.807) is 0 Å². The van der Waals surface area contributed by atoms with Crippen molar-refractivity contribution in [1.82, 2.24) is 9.47 Å². The number of nitrogens with zero attached hydrogens (tertiary/aromatic N) is 2. The van der Waals surface area contributed by atoms with Crippen molar-refractivity contribution >= 4 is 5.91 Å². The molecule has 0 bridgehead atoms. The first kappa shape index (κ1) is 19.8. The van der Waals surface area contributed by atoms with Crippen molar-refractivity contribution in [2.24, 2.45) is 5.73 Å². The van der Waals surface area contributed by atoms with Gasteiger partial charge >= 0.3 is 0 Å². The summed E-state index contributed by atoms with van der Waals surface area (Å²) in [7, 11) is 0. The molecular weight excluding hydrogens is 366 g/mol. The molecule has 3 heterocycles. The number of likely N-dealkylation sites (tertiary alicyclic amines) is 1. The van der Waals surface area contributed by atoms with Gasteiger partial charge in [-0.25, -0.2) is 0 Å². The Hall–Kier alpha value is -2.47. The fraction of sp³-hybridized carbons (Fsp3) is 0.522. The highest BCUT2D eigenvalue weighted by molar-refractivity contribution is 6.02. The number of aromatic nitrogens is 1. The predicted molar refractivity (Wildman–Crippen MR) is 114 cm³/mol. The summed E-state index contributed by atoms with van der Waals surface area (Å²) in [5.74, 6) is 1.10. The number of nitrogens with two attached hydrogens (primary N) is 1. The van der Waals surface area contributed by atoms with Gasteiger partial charge in [-0.05, 0) is 57.0 Å². The van der Waals surface area contributed by atoms with Crippen LogP contribution in [0, 0.1) is 6.92 Å². The van der Waals surface area contributed by atoms with Gasteiger partial charge in [-0.1, -0.05) is 19.4 Å². The smallest absolute Gasteiger partial charge is 0.251 e. The zero-order chi connectivity index (χ0) is 20.4. The molecule has 156 valence electrons. The molecular formula is C23H31N3O3. The van der Waals surface area contributed by atoms with Gasteiger partial charge in [0.1, 0.15) is 13.2 Å². The lowest BCUT2D eigenvalue weighted by molar-refractivity contribution is 0.1000. The van der Waals surface area contributed by atoms with Crippen LogP contribution in [0.15, 0.2) is 18.2 Å². The van der Waals surface area contributed by atoms with E-state index in [0.717, 1.165) is 53.5 Å². The van der Waals surface area contributed by atoms with Gasteiger partial charge in [0.2, 0.25) is 0 Å². The van der Waals surface area contributed by atoms with Crippen molar-refractivity contribution in [2.45, 2.75) is 46.1 Å². The van der Waals surface area contributed by atoms with Gasteiger partial charge in [0.25, 0.3) is 5.91 Å². The van der Waals surface area contributed by atoms with Gasteiger partial charge in [-0.3, -0.25) is 4.79 Å². The van der Waals surface area contributed by atoms with Crippen LogP contribution in [0.25, 0.3) is 11.1 Å². The third kappa shape index (κ3) is 3.86. The summed E-state index contributed by atoms with van der Waals surface area (Å²) in [4.78, 5) is 15.0. The Morgan fingerprint density at radius 1 is 1.07 bits per heavy atom. The summed E-state index contributed by atoms with van der Waals surface area (Å²) in [6.07, 6.45) is 4.72. The molecule has 0 spiro atoms. The van der Waals surface area contributed by atoms with Gasteiger partial charge in [0.05, 0.1) is 5.56 Å². The molecule has 2 aromatic rings. The molecule has 0 unspecified atom stereocenters. The SMILES string of the molecule is CCc1c(-c2ccc3c(c2)OCCO3)c(C(N)=O)c(C)n1CCN1CCCCC1. The van der Waals surface area contributed by atoms with Crippen LogP contribution in [0.2, 0.25) is 0 Å². The predicted octanol–water partition coefficient (Wildman–Crippen LogP) is 3.38. The van der Waals surface area contributed by atoms with E-state index >= 15 is 0 Å². The third-order valence-electron chi connectivity index (χ3n) is 6.13. The molecule has 0 saturated carbocycles. The Kier molecular flexibility index (Phi) is 5.81. The summed E-state index contributed by atoms with van der Waals surface area (Å²) in [6, 6.07) is 5.90. The summed E-state index contributed by atoms with van der Waals surface area (Å²) >= 11 is 0. The van der Waals surface area contributed by atoms with Crippen LogP contribution in [-0.2, 0) is 13.0 Å². The van der Waals surface area contributed by atoms with E-state index in [2.05, 4.69) is 16.4 Å². The van der Waals surface area contributed by atoms with Crippen LogP contribution in [0.1, 0.15) is 47.9 Å². The first-order valence-electron chi connectivity index (χ1n) is 10.7. The number of hydrogen-bond acceptors (Lipinski definition) is 4. The average Bonchev–Trinajstić information content (AvgIpc) is 3.04. The normalized spacial score (nSPS) is 16.8. The zero-order valence-corrected chi connectivity index (χ0v) is 17.5. The number of hydrogen-bond donors (Lipinski definition) is 1. The lowest BCUT2D eigenvalue weighted by Gasteiger charge is -2.27. The van der Waals surface area contributed by atoms with Crippen molar-refractivity contribution in [2.75, 3.05) is 32.8 Å². The highest BCUT2D eigenvalue weighted by atomic mass is 16.6. The quantitative estimate of drug-likeness (QED) is 0.811. The van der Waals surface area contributed by atoms with Crippen molar-refractivity contribution in [3.8, 4) is 22.6 Å². The maximum Gasteiger partial charge on any atom is 0.251 e. The van der Waals surface area contributed by atoms with Crippen LogP contribution < -0.4 is 15.2 Å². The maximum absolute atomic E-state index is 12.4. The van der Waals surface area contributed by atoms with Crippen molar-refractivity contribution < 1.29 is 14.3 Å². The fourth-order valence-electron chi connectivity index (χ4n) is 4.70. The van der Waals surface area contributed by atoms with E-state index in [9.17, 15) is 4.79 Å². The second kappa shape index (κ2) is 8.49. The monoisotopic (exact) mass is 397 g/mol. The van der Waals surface area contributed by atoms with E-state index in [-0.39, 0.29) is 5.91 Å². The van der Waals surface area contributed by atoms with Crippen LogP contribution in [0.4, 0.5) is 0 Å². The molecule has 6 heteroatoms. The van der Waals surface area contributed by atoms with Crippen molar-refractivity contribution in [3.63, 3.8) is 0 Å². The number of benzene rings is 1. The highest BCUT2D eigenvalue weighted by Crippen LogP contribution is 2.39. The van der Waals surface area contributed by atoms with E-state index in [1.165, 1.54) is 32.4 Å². The molecule has 1 aromatic carbocycles. The summed E-state index contributed by atoms with van der Waals surface area (Å²) in [5, 5.41) is 0. The Morgan fingerprint density at radius 3 is 2.48 bits per heavy atom. The summed E-state index contributed by atoms with van der Waals surface area (Å²) in [6.45, 7) is 9.45. The molecule has 29 heavy (non-hydrogen) atoms. The second-order valence-corrected chi connectivity index (χ2v) is 7.91. The molecule has 1 amide bonds. The van der Waals surface area contributed by atoms with Crippen molar-refractivity contribution in [3.05, 3.63) is 35.2 Å². The van der Waals surface area contributed by atoms with Gasteiger partial charge < -0.3 is 24.7 Å². The molecule has 2 aliphatic heterocycles. The topological polar surface area (TPSA) is 69.7 Å². The Bertz CT molecular complexity index is 897. The van der Waals surface area contributed by atoms with E-state index in [4.69, 9.17) is 15.2 Å². The van der Waals surface area contributed by atoms with Crippen LogP contribution in [0.3, 0.4) is 0 Å². The van der Waals surface area contributed by atoms with E-state index in [1.807, 2.05) is 25.1 Å². The number of rotatable bonds is 6. The molecule has 1 fully saturated rings. The molecule has 1 saturated heterocycles. The number of primary amides is 1. The molecule has 0 aliphatic carbocycles. The number of amides is 1. The van der Waals surface area contributed by atoms with Crippen LogP contribution in [0.5, 0.6) is 11.5 Å². The standard InChI is InChI=1S/C23H31N3O3/c1-3-18-22(17-7-8-19-20(15-17)29-14-13-28-19)21(23(24)27)16(2)26(18)12-11-25-9-5-4-6-10-25/h7-8,15H,3-6,9-14H2,1-2H3,(H2,24,27). The fourth-order valence-corrected chi connectivity index (χ4v) is 4.70. The molecule has 2 aliphatic rings. The number of carbonyl (C=O) groups excluding carboxylic acids is 1. The summed E-state index contributed by atoms with van der Waals surface area (Å²) < 4.78 is 13.7. The molecule has 4 rings (SSSR count). The minimum absolute atomic E-state index is 0.376. The lowest BCUT2D eigenvalue weighted by atomic mass is 9.98. The maximum atomic E-state index is 12.4. The molecule has 2 N–H and O–H groups in total. The zero-order valence-electron chi connectivity index (χ0n) is 17.5. The molecule has 0 atom stereocenters. The molecule has 1 aromatic heterocycles. The van der Waals surface area contributed by atoms with Gasteiger partial charge in [-0.2, -0.15) is 0 Å². The molecule has 0 radical (unpaired) electrons. The lowest BCUT2D eigenvalue weighted by Crippen LogP contribution is -2.33. The van der Waals surface area contributed by atoms with Crippen LogP contribution >= 0.6 is 0 Å². The first-order valence-corrected chi connectivity index (χ1v) is 10.7. The number of fused-ring (bicyclic) bond motifs is 1. The number of piperidine rings is 1. The van der Waals surface area contributed by atoms with E-state index < -0.39 is 0 Å². The number of carbonyl (C=O) groups is 1. The first-order chi connectivity index (χ1) is 14.1. The van der Waals surface area contributed by atoms with Gasteiger partial charge in [0.15, 0.2) is 11.5 Å². The molecule has 6 nitrogen and oxygen atoms in total.